The Morgan fingerprint density at radius 2 is 2.11 bits per heavy atom. The maximum Gasteiger partial charge on any atom is 0.0468 e. The summed E-state index contributed by atoms with van der Waals surface area (Å²) in [6.07, 6.45) is 4.54. The summed E-state index contributed by atoms with van der Waals surface area (Å²) in [7, 11) is 2.04. The van der Waals surface area contributed by atoms with Gasteiger partial charge in [0.15, 0.2) is 0 Å². The zero-order chi connectivity index (χ0) is 13.1. The van der Waals surface area contributed by atoms with Crippen LogP contribution in [0.25, 0.3) is 10.9 Å². The number of H-pyrrole nitrogens is 1. The van der Waals surface area contributed by atoms with Gasteiger partial charge in [-0.1, -0.05) is 18.2 Å². The van der Waals surface area contributed by atoms with E-state index >= 15 is 0 Å². The second kappa shape index (κ2) is 5.76. The lowest BCUT2D eigenvalue weighted by atomic mass is 9.81. The highest BCUT2D eigenvalue weighted by atomic mass is 16.5. The highest BCUT2D eigenvalue weighted by Crippen LogP contribution is 2.35. The number of para-hydroxylation sites is 1. The van der Waals surface area contributed by atoms with Crippen molar-refractivity contribution in [3.05, 3.63) is 36.0 Å². The molecule has 2 aromatic rings. The molecule has 1 aromatic heterocycles. The van der Waals surface area contributed by atoms with Gasteiger partial charge in [0.1, 0.15) is 0 Å². The summed E-state index contributed by atoms with van der Waals surface area (Å²) >= 11 is 0. The summed E-state index contributed by atoms with van der Waals surface area (Å²) < 4.78 is 5.50. The summed E-state index contributed by atoms with van der Waals surface area (Å²) in [6.45, 7) is 2.85. The van der Waals surface area contributed by atoms with E-state index in [0.717, 1.165) is 25.7 Å². The second-order valence-electron chi connectivity index (χ2n) is 5.40. The SMILES string of the molecule is CNCC(c1c[nH]c2ccccc12)C1CCOCC1. The first kappa shape index (κ1) is 12.7. The van der Waals surface area contributed by atoms with Crippen LogP contribution in [0, 0.1) is 5.92 Å². The molecule has 3 heteroatoms. The van der Waals surface area contributed by atoms with Crippen molar-refractivity contribution in [2.24, 2.45) is 5.92 Å². The molecule has 0 amide bonds. The van der Waals surface area contributed by atoms with Crippen LogP contribution in [0.5, 0.6) is 0 Å². The number of ether oxygens (including phenoxy) is 1. The Kier molecular flexibility index (Phi) is 3.85. The van der Waals surface area contributed by atoms with Gasteiger partial charge in [0.05, 0.1) is 0 Å². The van der Waals surface area contributed by atoms with Crippen LogP contribution in [-0.4, -0.2) is 31.8 Å². The van der Waals surface area contributed by atoms with Crippen LogP contribution in [0.2, 0.25) is 0 Å². The molecule has 3 nitrogen and oxygen atoms in total. The molecular formula is C16H22N2O. The van der Waals surface area contributed by atoms with Crippen molar-refractivity contribution in [2.75, 3.05) is 26.8 Å². The molecule has 1 atom stereocenters. The highest BCUT2D eigenvalue weighted by Gasteiger charge is 2.26. The van der Waals surface area contributed by atoms with Crippen molar-refractivity contribution in [3.63, 3.8) is 0 Å². The van der Waals surface area contributed by atoms with Gasteiger partial charge in [-0.2, -0.15) is 0 Å². The number of hydrogen-bond donors (Lipinski definition) is 2. The van der Waals surface area contributed by atoms with Crippen molar-refractivity contribution >= 4 is 10.9 Å². The van der Waals surface area contributed by atoms with Gasteiger partial charge in [-0.05, 0) is 37.4 Å². The van der Waals surface area contributed by atoms with E-state index in [1.807, 2.05) is 7.05 Å². The highest BCUT2D eigenvalue weighted by molar-refractivity contribution is 5.83. The Hall–Kier alpha value is -1.32. The van der Waals surface area contributed by atoms with Crippen LogP contribution < -0.4 is 5.32 Å². The van der Waals surface area contributed by atoms with E-state index in [1.165, 1.54) is 29.3 Å². The lowest BCUT2D eigenvalue weighted by Gasteiger charge is -2.30. The summed E-state index contributed by atoms with van der Waals surface area (Å²) in [4.78, 5) is 3.41. The number of fused-ring (bicyclic) bond motifs is 1. The number of benzene rings is 1. The molecule has 2 N–H and O–H groups in total. The molecule has 1 saturated heterocycles. The number of likely N-dealkylation sites (N-methyl/N-ethyl adjacent to an activating group) is 1. The van der Waals surface area contributed by atoms with Crippen LogP contribution in [0.4, 0.5) is 0 Å². The van der Waals surface area contributed by atoms with Crippen LogP contribution in [0.1, 0.15) is 24.3 Å². The lowest BCUT2D eigenvalue weighted by molar-refractivity contribution is 0.0580. The third-order valence-electron chi connectivity index (χ3n) is 4.28. The van der Waals surface area contributed by atoms with Crippen molar-refractivity contribution in [2.45, 2.75) is 18.8 Å². The smallest absolute Gasteiger partial charge is 0.0468 e. The molecule has 0 radical (unpaired) electrons. The Morgan fingerprint density at radius 1 is 1.32 bits per heavy atom. The Balaban J connectivity index is 1.94. The molecule has 1 unspecified atom stereocenters. The molecule has 0 saturated carbocycles. The van der Waals surface area contributed by atoms with Crippen LogP contribution in [0.3, 0.4) is 0 Å². The first-order valence-electron chi connectivity index (χ1n) is 7.18. The minimum atomic E-state index is 0.574. The van der Waals surface area contributed by atoms with Gasteiger partial charge in [0.2, 0.25) is 0 Å². The molecule has 3 rings (SSSR count). The van der Waals surface area contributed by atoms with Gasteiger partial charge in [0, 0.05) is 42.8 Å². The minimum absolute atomic E-state index is 0.574. The minimum Gasteiger partial charge on any atom is -0.381 e. The molecule has 1 fully saturated rings. The summed E-state index contributed by atoms with van der Waals surface area (Å²) in [5.74, 6) is 1.30. The first-order chi connectivity index (χ1) is 9.40. The normalized spacial score (nSPS) is 18.8. The van der Waals surface area contributed by atoms with Gasteiger partial charge in [0.25, 0.3) is 0 Å². The van der Waals surface area contributed by atoms with Gasteiger partial charge >= 0.3 is 0 Å². The largest absolute Gasteiger partial charge is 0.381 e. The zero-order valence-corrected chi connectivity index (χ0v) is 11.5. The number of nitrogens with one attached hydrogen (secondary N) is 2. The fraction of sp³-hybridized carbons (Fsp3) is 0.500. The van der Waals surface area contributed by atoms with Gasteiger partial charge in [-0.15, -0.1) is 0 Å². The molecule has 1 aliphatic rings. The fourth-order valence-electron chi connectivity index (χ4n) is 3.27. The number of aromatic nitrogens is 1. The Morgan fingerprint density at radius 3 is 2.89 bits per heavy atom. The molecule has 0 bridgehead atoms. The number of rotatable bonds is 4. The Bertz CT molecular complexity index is 528. The van der Waals surface area contributed by atoms with E-state index in [0.29, 0.717) is 5.92 Å². The average Bonchev–Trinajstić information content (AvgIpc) is 2.89. The third-order valence-corrected chi connectivity index (χ3v) is 4.28. The maximum absolute atomic E-state index is 5.50. The summed E-state index contributed by atoms with van der Waals surface area (Å²) in [6, 6.07) is 8.59. The van der Waals surface area contributed by atoms with E-state index in [-0.39, 0.29) is 0 Å². The lowest BCUT2D eigenvalue weighted by Crippen LogP contribution is -2.28. The zero-order valence-electron chi connectivity index (χ0n) is 11.5. The van der Waals surface area contributed by atoms with Crippen LogP contribution in [-0.2, 0) is 4.74 Å². The predicted octanol–water partition coefficient (Wildman–Crippen LogP) is 2.90. The topological polar surface area (TPSA) is 37.0 Å². The number of aromatic amines is 1. The molecular weight excluding hydrogens is 236 g/mol. The fourth-order valence-corrected chi connectivity index (χ4v) is 3.27. The molecule has 1 aromatic carbocycles. The van der Waals surface area contributed by atoms with Crippen molar-refractivity contribution < 1.29 is 4.74 Å². The van der Waals surface area contributed by atoms with E-state index in [4.69, 9.17) is 4.74 Å². The van der Waals surface area contributed by atoms with Crippen LogP contribution >= 0.6 is 0 Å². The quantitative estimate of drug-likeness (QED) is 0.884. The standard InChI is InChI=1S/C16H22N2O/c1-17-10-14(12-6-8-19-9-7-12)15-11-18-16-5-3-2-4-13(15)16/h2-5,11-12,14,17-18H,6-10H2,1H3. The molecule has 19 heavy (non-hydrogen) atoms. The van der Waals surface area contributed by atoms with Crippen molar-refractivity contribution in [1.82, 2.24) is 10.3 Å². The molecule has 1 aliphatic heterocycles. The van der Waals surface area contributed by atoms with E-state index < -0.39 is 0 Å². The van der Waals surface area contributed by atoms with E-state index in [1.54, 1.807) is 0 Å². The van der Waals surface area contributed by atoms with Gasteiger partial charge < -0.3 is 15.0 Å². The maximum atomic E-state index is 5.50. The van der Waals surface area contributed by atoms with Crippen LogP contribution in [0.15, 0.2) is 30.5 Å². The van der Waals surface area contributed by atoms with E-state index in [2.05, 4.69) is 40.8 Å². The molecule has 2 heterocycles. The summed E-state index contributed by atoms with van der Waals surface area (Å²) in [5, 5.41) is 4.73. The molecule has 0 spiro atoms. The number of hydrogen-bond acceptors (Lipinski definition) is 2. The van der Waals surface area contributed by atoms with Crippen molar-refractivity contribution in [3.8, 4) is 0 Å². The van der Waals surface area contributed by atoms with E-state index in [9.17, 15) is 0 Å². The molecule has 102 valence electrons. The summed E-state index contributed by atoms with van der Waals surface area (Å²) in [5.41, 5.74) is 2.70. The van der Waals surface area contributed by atoms with Gasteiger partial charge in [-0.25, -0.2) is 0 Å². The average molecular weight is 258 g/mol. The third kappa shape index (κ3) is 2.53. The predicted molar refractivity (Wildman–Crippen MR) is 78.5 cm³/mol. The monoisotopic (exact) mass is 258 g/mol. The first-order valence-corrected chi connectivity index (χ1v) is 7.18. The Labute approximate surface area is 114 Å². The van der Waals surface area contributed by atoms with Crippen molar-refractivity contribution in [1.29, 1.82) is 0 Å². The molecule has 0 aliphatic carbocycles. The van der Waals surface area contributed by atoms with Gasteiger partial charge in [-0.3, -0.25) is 0 Å². The second-order valence-corrected chi connectivity index (χ2v) is 5.40.